The van der Waals surface area contributed by atoms with Gasteiger partial charge in [0.25, 0.3) is 0 Å². The number of nitrogens with one attached hydrogen (secondary N) is 1. The first-order chi connectivity index (χ1) is 8.19. The average molecular weight is 240 g/mol. The van der Waals surface area contributed by atoms with Crippen LogP contribution in [-0.2, 0) is 9.53 Å². The van der Waals surface area contributed by atoms with Crippen molar-refractivity contribution < 1.29 is 9.53 Å². The van der Waals surface area contributed by atoms with Crippen molar-refractivity contribution in [2.75, 3.05) is 6.61 Å². The van der Waals surface area contributed by atoms with Gasteiger partial charge in [0.1, 0.15) is 0 Å². The number of carbonyl (C=O) groups excluding carboxylic acids is 1. The van der Waals surface area contributed by atoms with Crippen molar-refractivity contribution in [2.45, 2.75) is 63.6 Å². The molecule has 98 valence electrons. The highest BCUT2D eigenvalue weighted by molar-refractivity contribution is 5.79. The minimum absolute atomic E-state index is 0.143. The quantitative estimate of drug-likeness (QED) is 0.775. The molecule has 0 saturated heterocycles. The summed E-state index contributed by atoms with van der Waals surface area (Å²) in [5.41, 5.74) is 5.90. The predicted octanol–water partition coefficient (Wildman–Crippen LogP) is 1.19. The fourth-order valence-corrected chi connectivity index (χ4v) is 2.84. The number of nitrogens with two attached hydrogens (primary N) is 1. The molecule has 2 aliphatic rings. The standard InChI is InChI=1S/C13H24N2O2/c1-2-17-12-7-11(8-12)15-13(16)9-4-3-5-10(14)6-9/h9-12H,2-8,14H2,1H3,(H,15,16). The van der Waals surface area contributed by atoms with Crippen molar-refractivity contribution in [1.29, 1.82) is 0 Å². The first kappa shape index (κ1) is 12.8. The highest BCUT2D eigenvalue weighted by Gasteiger charge is 2.33. The first-order valence-corrected chi connectivity index (χ1v) is 6.86. The highest BCUT2D eigenvalue weighted by Crippen LogP contribution is 2.26. The van der Waals surface area contributed by atoms with Crippen LogP contribution in [-0.4, -0.2) is 30.7 Å². The van der Waals surface area contributed by atoms with Crippen molar-refractivity contribution in [3.05, 3.63) is 0 Å². The van der Waals surface area contributed by atoms with Crippen LogP contribution >= 0.6 is 0 Å². The summed E-state index contributed by atoms with van der Waals surface area (Å²) in [5.74, 6) is 0.352. The van der Waals surface area contributed by atoms with E-state index in [1.807, 2.05) is 6.92 Å². The highest BCUT2D eigenvalue weighted by atomic mass is 16.5. The van der Waals surface area contributed by atoms with Crippen LogP contribution in [0.25, 0.3) is 0 Å². The third kappa shape index (κ3) is 3.42. The van der Waals surface area contributed by atoms with Gasteiger partial charge in [0.2, 0.25) is 5.91 Å². The molecule has 0 heterocycles. The third-order valence-electron chi connectivity index (χ3n) is 3.93. The Morgan fingerprint density at radius 1 is 1.35 bits per heavy atom. The predicted molar refractivity (Wildman–Crippen MR) is 66.5 cm³/mol. The van der Waals surface area contributed by atoms with Gasteiger partial charge < -0.3 is 15.8 Å². The summed E-state index contributed by atoms with van der Waals surface area (Å²) in [7, 11) is 0. The minimum atomic E-state index is 0.143. The van der Waals surface area contributed by atoms with Crippen LogP contribution in [0, 0.1) is 5.92 Å². The molecule has 2 rings (SSSR count). The van der Waals surface area contributed by atoms with Crippen LogP contribution in [0.1, 0.15) is 45.4 Å². The molecule has 2 saturated carbocycles. The number of carbonyl (C=O) groups is 1. The van der Waals surface area contributed by atoms with Gasteiger partial charge in [-0.15, -0.1) is 0 Å². The van der Waals surface area contributed by atoms with Gasteiger partial charge in [0, 0.05) is 24.6 Å². The largest absolute Gasteiger partial charge is 0.378 e. The van der Waals surface area contributed by atoms with Gasteiger partial charge in [-0.2, -0.15) is 0 Å². The molecule has 0 spiro atoms. The van der Waals surface area contributed by atoms with Crippen molar-refractivity contribution >= 4 is 5.91 Å². The molecule has 17 heavy (non-hydrogen) atoms. The SMILES string of the molecule is CCOC1CC(NC(=O)C2CCCC(N)C2)C1. The smallest absolute Gasteiger partial charge is 0.223 e. The Bertz CT molecular complexity index is 264. The molecular formula is C13H24N2O2. The van der Waals surface area contributed by atoms with Crippen LogP contribution < -0.4 is 11.1 Å². The monoisotopic (exact) mass is 240 g/mol. The van der Waals surface area contributed by atoms with Crippen molar-refractivity contribution in [3.8, 4) is 0 Å². The molecule has 3 N–H and O–H groups in total. The number of hydrogen-bond donors (Lipinski definition) is 2. The molecule has 2 fully saturated rings. The summed E-state index contributed by atoms with van der Waals surface area (Å²) in [4.78, 5) is 12.0. The fourth-order valence-electron chi connectivity index (χ4n) is 2.84. The molecule has 1 amide bonds. The molecular weight excluding hydrogens is 216 g/mol. The normalized spacial score (nSPS) is 37.3. The van der Waals surface area contributed by atoms with E-state index in [9.17, 15) is 4.79 Å². The van der Waals surface area contributed by atoms with Crippen molar-refractivity contribution in [1.82, 2.24) is 5.32 Å². The lowest BCUT2D eigenvalue weighted by atomic mass is 9.84. The molecule has 2 unspecified atom stereocenters. The topological polar surface area (TPSA) is 64.3 Å². The molecule has 0 aromatic heterocycles. The fraction of sp³-hybridized carbons (Fsp3) is 0.923. The molecule has 0 aromatic rings. The van der Waals surface area contributed by atoms with E-state index in [4.69, 9.17) is 10.5 Å². The molecule has 4 heteroatoms. The van der Waals surface area contributed by atoms with E-state index in [1.54, 1.807) is 0 Å². The minimum Gasteiger partial charge on any atom is -0.378 e. The van der Waals surface area contributed by atoms with Gasteiger partial charge in [0.15, 0.2) is 0 Å². The van der Waals surface area contributed by atoms with Crippen LogP contribution in [0.4, 0.5) is 0 Å². The number of hydrogen-bond acceptors (Lipinski definition) is 3. The Morgan fingerprint density at radius 3 is 2.76 bits per heavy atom. The summed E-state index contributed by atoms with van der Waals surface area (Å²) >= 11 is 0. The van der Waals surface area contributed by atoms with E-state index in [2.05, 4.69) is 5.32 Å². The second kappa shape index (κ2) is 5.83. The van der Waals surface area contributed by atoms with Gasteiger partial charge >= 0.3 is 0 Å². The van der Waals surface area contributed by atoms with Crippen LogP contribution in [0.3, 0.4) is 0 Å². The maximum Gasteiger partial charge on any atom is 0.223 e. The summed E-state index contributed by atoms with van der Waals surface area (Å²) < 4.78 is 5.48. The van der Waals surface area contributed by atoms with Gasteiger partial charge in [-0.1, -0.05) is 6.42 Å². The maximum absolute atomic E-state index is 12.0. The number of amides is 1. The third-order valence-corrected chi connectivity index (χ3v) is 3.93. The zero-order chi connectivity index (χ0) is 12.3. The summed E-state index contributed by atoms with van der Waals surface area (Å²) in [5, 5.41) is 3.12. The summed E-state index contributed by atoms with van der Waals surface area (Å²) in [6.45, 7) is 2.78. The first-order valence-electron chi connectivity index (χ1n) is 6.86. The Labute approximate surface area is 103 Å². The molecule has 0 bridgehead atoms. The number of rotatable bonds is 4. The van der Waals surface area contributed by atoms with Gasteiger partial charge in [-0.25, -0.2) is 0 Å². The Kier molecular flexibility index (Phi) is 4.40. The lowest BCUT2D eigenvalue weighted by Gasteiger charge is -2.37. The molecule has 0 radical (unpaired) electrons. The van der Waals surface area contributed by atoms with E-state index >= 15 is 0 Å². The van der Waals surface area contributed by atoms with Crippen LogP contribution in [0.2, 0.25) is 0 Å². The zero-order valence-corrected chi connectivity index (χ0v) is 10.7. The summed E-state index contributed by atoms with van der Waals surface area (Å²) in [6.07, 6.45) is 6.31. The second-order valence-corrected chi connectivity index (χ2v) is 5.38. The van der Waals surface area contributed by atoms with Gasteiger partial charge in [-0.3, -0.25) is 4.79 Å². The van der Waals surface area contributed by atoms with E-state index in [0.717, 1.165) is 45.1 Å². The molecule has 4 nitrogen and oxygen atoms in total. The molecule has 0 aromatic carbocycles. The number of ether oxygens (including phenoxy) is 1. The summed E-state index contributed by atoms with van der Waals surface area (Å²) in [6, 6.07) is 0.550. The van der Waals surface area contributed by atoms with Crippen molar-refractivity contribution in [2.24, 2.45) is 11.7 Å². The Hall–Kier alpha value is -0.610. The lowest BCUT2D eigenvalue weighted by Crippen LogP contribution is -2.50. The lowest BCUT2D eigenvalue weighted by molar-refractivity contribution is -0.128. The van der Waals surface area contributed by atoms with Gasteiger partial charge in [-0.05, 0) is 39.0 Å². The zero-order valence-electron chi connectivity index (χ0n) is 10.7. The van der Waals surface area contributed by atoms with E-state index < -0.39 is 0 Å². The molecule has 2 aliphatic carbocycles. The van der Waals surface area contributed by atoms with Crippen LogP contribution in [0.15, 0.2) is 0 Å². The van der Waals surface area contributed by atoms with Crippen molar-refractivity contribution in [3.63, 3.8) is 0 Å². The molecule has 0 aliphatic heterocycles. The van der Waals surface area contributed by atoms with E-state index in [-0.39, 0.29) is 17.9 Å². The Morgan fingerprint density at radius 2 is 2.12 bits per heavy atom. The maximum atomic E-state index is 12.0. The Balaban J connectivity index is 1.68. The second-order valence-electron chi connectivity index (χ2n) is 5.38. The average Bonchev–Trinajstić information content (AvgIpc) is 2.26. The van der Waals surface area contributed by atoms with Crippen LogP contribution in [0.5, 0.6) is 0 Å². The van der Waals surface area contributed by atoms with E-state index in [1.165, 1.54) is 0 Å². The molecule has 2 atom stereocenters. The van der Waals surface area contributed by atoms with E-state index in [0.29, 0.717) is 12.1 Å². The van der Waals surface area contributed by atoms with Gasteiger partial charge in [0.05, 0.1) is 6.10 Å².